The largest absolute Gasteiger partial charge is 0.439 e. The van der Waals surface area contributed by atoms with Gasteiger partial charge in [-0.25, -0.2) is 4.98 Å². The third-order valence-electron chi connectivity index (χ3n) is 2.51. The first kappa shape index (κ1) is 11.9. The van der Waals surface area contributed by atoms with Gasteiger partial charge in [0.1, 0.15) is 5.75 Å². The average molecular weight is 248 g/mol. The predicted octanol–water partition coefficient (Wildman–Crippen LogP) is 4.23. The van der Waals surface area contributed by atoms with Crippen molar-refractivity contribution in [1.29, 1.82) is 0 Å². The minimum absolute atomic E-state index is 0.469. The van der Waals surface area contributed by atoms with E-state index in [0.29, 0.717) is 11.8 Å². The molecule has 0 saturated carbocycles. The van der Waals surface area contributed by atoms with Crippen molar-refractivity contribution >= 4 is 11.6 Å². The maximum absolute atomic E-state index is 5.74. The van der Waals surface area contributed by atoms with E-state index in [9.17, 15) is 0 Å². The number of halogens is 1. The van der Waals surface area contributed by atoms with Gasteiger partial charge in [0, 0.05) is 18.1 Å². The van der Waals surface area contributed by atoms with Gasteiger partial charge in [-0.1, -0.05) is 18.2 Å². The number of benzene rings is 1. The van der Waals surface area contributed by atoms with Crippen molar-refractivity contribution in [2.45, 2.75) is 19.7 Å². The number of aromatic nitrogens is 1. The molecule has 0 aliphatic rings. The van der Waals surface area contributed by atoms with E-state index in [2.05, 4.69) is 11.1 Å². The van der Waals surface area contributed by atoms with Gasteiger partial charge in [-0.05, 0) is 36.6 Å². The molecule has 1 aromatic carbocycles. The number of ether oxygens (including phenoxy) is 1. The highest BCUT2D eigenvalue weighted by Gasteiger charge is 2.02. The fraction of sp³-hybridized carbons (Fsp3) is 0.214. The maximum atomic E-state index is 5.74. The Hall–Kier alpha value is -1.54. The number of nitrogens with zero attached hydrogens (tertiary/aromatic N) is 1. The molecule has 0 aliphatic heterocycles. The number of hydrogen-bond acceptors (Lipinski definition) is 2. The Morgan fingerprint density at radius 3 is 2.65 bits per heavy atom. The highest BCUT2D eigenvalue weighted by molar-refractivity contribution is 6.17. The highest BCUT2D eigenvalue weighted by atomic mass is 35.5. The molecule has 0 fully saturated rings. The Kier molecular flexibility index (Phi) is 3.64. The van der Waals surface area contributed by atoms with Crippen LogP contribution in [0.4, 0.5) is 0 Å². The highest BCUT2D eigenvalue weighted by Crippen LogP contribution is 2.24. The van der Waals surface area contributed by atoms with E-state index in [-0.39, 0.29) is 0 Å². The summed E-state index contributed by atoms with van der Waals surface area (Å²) in [5.74, 6) is 1.90. The van der Waals surface area contributed by atoms with E-state index >= 15 is 0 Å². The monoisotopic (exact) mass is 247 g/mol. The van der Waals surface area contributed by atoms with Crippen LogP contribution in [0.25, 0.3) is 0 Å². The lowest BCUT2D eigenvalue weighted by atomic mass is 10.1. The molecule has 0 bridgehead atoms. The zero-order chi connectivity index (χ0) is 12.3. The van der Waals surface area contributed by atoms with Crippen LogP contribution in [0.2, 0.25) is 0 Å². The van der Waals surface area contributed by atoms with Gasteiger partial charge in [0.05, 0.1) is 0 Å². The van der Waals surface area contributed by atoms with Gasteiger partial charge in [0.2, 0.25) is 5.88 Å². The summed E-state index contributed by atoms with van der Waals surface area (Å²) in [7, 11) is 0. The van der Waals surface area contributed by atoms with Gasteiger partial charge in [-0.2, -0.15) is 0 Å². The number of rotatable bonds is 3. The third kappa shape index (κ3) is 2.98. The Balaban J connectivity index is 2.22. The standard InChI is InChI=1S/C14H14ClNO/c1-10-3-4-11(2)13(7-10)17-14-6-5-12(8-15)9-16-14/h3-7,9H,8H2,1-2H3. The van der Waals surface area contributed by atoms with Crippen molar-refractivity contribution in [2.24, 2.45) is 0 Å². The van der Waals surface area contributed by atoms with Crippen LogP contribution in [0, 0.1) is 13.8 Å². The van der Waals surface area contributed by atoms with Crippen molar-refractivity contribution < 1.29 is 4.74 Å². The predicted molar refractivity (Wildman–Crippen MR) is 69.8 cm³/mol. The molecule has 0 aliphatic carbocycles. The molecule has 0 unspecified atom stereocenters. The summed E-state index contributed by atoms with van der Waals surface area (Å²) < 4.78 is 5.74. The van der Waals surface area contributed by atoms with Gasteiger partial charge in [0.15, 0.2) is 0 Å². The fourth-order valence-electron chi connectivity index (χ4n) is 1.48. The molecule has 0 atom stereocenters. The molecule has 0 spiro atoms. The van der Waals surface area contributed by atoms with Crippen molar-refractivity contribution in [2.75, 3.05) is 0 Å². The fourth-order valence-corrected chi connectivity index (χ4v) is 1.64. The molecule has 1 heterocycles. The summed E-state index contributed by atoms with van der Waals surface area (Å²) in [6.07, 6.45) is 1.73. The molecule has 2 aromatic rings. The van der Waals surface area contributed by atoms with Gasteiger partial charge >= 0.3 is 0 Å². The lowest BCUT2D eigenvalue weighted by Crippen LogP contribution is -1.91. The van der Waals surface area contributed by atoms with Crippen molar-refractivity contribution in [3.63, 3.8) is 0 Å². The van der Waals surface area contributed by atoms with E-state index in [1.807, 2.05) is 38.1 Å². The van der Waals surface area contributed by atoms with Crippen LogP contribution < -0.4 is 4.74 Å². The van der Waals surface area contributed by atoms with Crippen LogP contribution >= 0.6 is 11.6 Å². The van der Waals surface area contributed by atoms with Gasteiger partial charge < -0.3 is 4.74 Å². The molecule has 2 nitrogen and oxygen atoms in total. The van der Waals surface area contributed by atoms with Crippen LogP contribution in [-0.4, -0.2) is 4.98 Å². The van der Waals surface area contributed by atoms with Crippen LogP contribution in [0.15, 0.2) is 36.5 Å². The van der Waals surface area contributed by atoms with E-state index in [4.69, 9.17) is 16.3 Å². The molecule has 1 aromatic heterocycles. The molecule has 17 heavy (non-hydrogen) atoms. The van der Waals surface area contributed by atoms with Crippen molar-refractivity contribution in [1.82, 2.24) is 4.98 Å². The summed E-state index contributed by atoms with van der Waals surface area (Å²) in [4.78, 5) is 4.21. The van der Waals surface area contributed by atoms with Crippen molar-refractivity contribution in [3.05, 3.63) is 53.2 Å². The molecular weight excluding hydrogens is 234 g/mol. The summed E-state index contributed by atoms with van der Waals surface area (Å²) in [5.41, 5.74) is 3.25. The van der Waals surface area contributed by atoms with Crippen molar-refractivity contribution in [3.8, 4) is 11.6 Å². The average Bonchev–Trinajstić information content (AvgIpc) is 2.35. The summed E-state index contributed by atoms with van der Waals surface area (Å²) >= 11 is 5.70. The molecule has 0 amide bonds. The summed E-state index contributed by atoms with van der Waals surface area (Å²) in [6, 6.07) is 9.86. The zero-order valence-electron chi connectivity index (χ0n) is 9.90. The first-order chi connectivity index (χ1) is 8.19. The summed E-state index contributed by atoms with van der Waals surface area (Å²) in [5, 5.41) is 0. The molecule has 3 heteroatoms. The molecule has 0 saturated heterocycles. The number of hydrogen-bond donors (Lipinski definition) is 0. The Labute approximate surface area is 106 Å². The molecule has 0 N–H and O–H groups in total. The molecule has 2 rings (SSSR count). The smallest absolute Gasteiger partial charge is 0.219 e. The number of alkyl halides is 1. The van der Waals surface area contributed by atoms with Gasteiger partial charge in [0.25, 0.3) is 0 Å². The first-order valence-corrected chi connectivity index (χ1v) is 5.98. The second kappa shape index (κ2) is 5.19. The number of aryl methyl sites for hydroxylation is 2. The van der Waals surface area contributed by atoms with Crippen LogP contribution in [0.5, 0.6) is 11.6 Å². The van der Waals surface area contributed by atoms with Crippen LogP contribution in [-0.2, 0) is 5.88 Å². The van der Waals surface area contributed by atoms with Gasteiger partial charge in [-0.15, -0.1) is 11.6 Å². The van der Waals surface area contributed by atoms with Gasteiger partial charge in [-0.3, -0.25) is 0 Å². The lowest BCUT2D eigenvalue weighted by molar-refractivity contribution is 0.459. The zero-order valence-corrected chi connectivity index (χ0v) is 10.7. The van der Waals surface area contributed by atoms with Crippen LogP contribution in [0.1, 0.15) is 16.7 Å². The Morgan fingerprint density at radius 1 is 1.18 bits per heavy atom. The van der Waals surface area contributed by atoms with Crippen LogP contribution in [0.3, 0.4) is 0 Å². The van der Waals surface area contributed by atoms with E-state index in [1.165, 1.54) is 5.56 Å². The first-order valence-electron chi connectivity index (χ1n) is 5.45. The quantitative estimate of drug-likeness (QED) is 0.758. The summed E-state index contributed by atoms with van der Waals surface area (Å²) in [6.45, 7) is 4.05. The maximum Gasteiger partial charge on any atom is 0.219 e. The molecule has 0 radical (unpaired) electrons. The second-order valence-corrected chi connectivity index (χ2v) is 4.28. The Morgan fingerprint density at radius 2 is 2.00 bits per heavy atom. The molecular formula is C14H14ClNO. The Bertz CT molecular complexity index is 508. The molecule has 88 valence electrons. The van der Waals surface area contributed by atoms with E-state index in [0.717, 1.165) is 16.9 Å². The minimum Gasteiger partial charge on any atom is -0.439 e. The second-order valence-electron chi connectivity index (χ2n) is 4.01. The number of pyridine rings is 1. The third-order valence-corrected chi connectivity index (χ3v) is 2.82. The SMILES string of the molecule is Cc1ccc(C)c(Oc2ccc(CCl)cn2)c1. The topological polar surface area (TPSA) is 22.1 Å². The normalized spacial score (nSPS) is 10.3. The lowest BCUT2D eigenvalue weighted by Gasteiger charge is -2.08. The van der Waals surface area contributed by atoms with E-state index < -0.39 is 0 Å². The minimum atomic E-state index is 0.469. The van der Waals surface area contributed by atoms with E-state index in [1.54, 1.807) is 6.20 Å².